The van der Waals surface area contributed by atoms with Gasteiger partial charge in [0.15, 0.2) is 11.5 Å². The molecule has 2 aromatic heterocycles. The predicted octanol–water partition coefficient (Wildman–Crippen LogP) is 4.19. The summed E-state index contributed by atoms with van der Waals surface area (Å²) in [5.74, 6) is -1.45. The predicted molar refractivity (Wildman–Crippen MR) is 125 cm³/mol. The van der Waals surface area contributed by atoms with Gasteiger partial charge in [-0.05, 0) is 36.1 Å². The third-order valence-electron chi connectivity index (χ3n) is 6.13. The Morgan fingerprint density at radius 1 is 1.22 bits per heavy atom. The molecule has 0 saturated carbocycles. The number of aryl methyl sites for hydroxylation is 1. The summed E-state index contributed by atoms with van der Waals surface area (Å²) in [7, 11) is 0. The molecule has 1 aliphatic rings. The van der Waals surface area contributed by atoms with Crippen LogP contribution in [0.1, 0.15) is 52.8 Å². The minimum Gasteiger partial charge on any atom is -0.476 e. The van der Waals surface area contributed by atoms with Crippen molar-refractivity contribution in [1.82, 2.24) is 15.0 Å². The maximum Gasteiger partial charge on any atom is 0.388 e. The first-order valence-corrected chi connectivity index (χ1v) is 11.3. The van der Waals surface area contributed by atoms with Crippen molar-refractivity contribution in [2.75, 3.05) is 18.4 Å². The Kier molecular flexibility index (Phi) is 7.02. The molecule has 4 rings (SSSR count). The molecular weight excluding hydrogens is 474 g/mol. The summed E-state index contributed by atoms with van der Waals surface area (Å²) in [5.41, 5.74) is 1.14. The van der Waals surface area contributed by atoms with E-state index in [1.54, 1.807) is 13.0 Å². The molecule has 190 valence electrons. The lowest BCUT2D eigenvalue weighted by Crippen LogP contribution is -2.64. The number of anilines is 1. The second-order valence-corrected chi connectivity index (χ2v) is 9.09. The van der Waals surface area contributed by atoms with Gasteiger partial charge in [0.05, 0.1) is 12.0 Å². The molecule has 0 spiro atoms. The van der Waals surface area contributed by atoms with Crippen molar-refractivity contribution < 1.29 is 32.7 Å². The van der Waals surface area contributed by atoms with Crippen molar-refractivity contribution in [1.29, 1.82) is 0 Å². The number of ether oxygens (including phenoxy) is 1. The van der Waals surface area contributed by atoms with E-state index in [0.717, 1.165) is 11.1 Å². The third kappa shape index (κ3) is 5.06. The number of rotatable bonds is 9. The first kappa shape index (κ1) is 25.2. The minimum atomic E-state index is -3.10. The number of likely N-dealkylation sites (tertiary alicyclic amines) is 1. The van der Waals surface area contributed by atoms with Crippen LogP contribution in [0.15, 0.2) is 47.0 Å². The number of benzene rings is 1. The minimum absolute atomic E-state index is 0.0482. The fourth-order valence-corrected chi connectivity index (χ4v) is 4.45. The number of carboxylic acid groups (broad SMARTS) is 1. The molecule has 2 N–H and O–H groups in total. The van der Waals surface area contributed by atoms with Crippen LogP contribution >= 0.6 is 0 Å². The van der Waals surface area contributed by atoms with E-state index in [2.05, 4.69) is 20.2 Å². The Balaban J connectivity index is 1.64. The van der Waals surface area contributed by atoms with Gasteiger partial charge in [-0.2, -0.15) is 8.78 Å². The summed E-state index contributed by atoms with van der Waals surface area (Å²) in [5, 5.41) is 15.4. The molecule has 11 heteroatoms. The number of halogens is 2. The summed E-state index contributed by atoms with van der Waals surface area (Å²) in [6.45, 7) is 3.43. The highest BCUT2D eigenvalue weighted by molar-refractivity contribution is 6.01. The van der Waals surface area contributed by atoms with Crippen molar-refractivity contribution in [3.63, 3.8) is 0 Å². The van der Waals surface area contributed by atoms with Crippen LogP contribution in [-0.4, -0.2) is 51.7 Å². The summed E-state index contributed by atoms with van der Waals surface area (Å²) >= 11 is 0. The van der Waals surface area contributed by atoms with Crippen LogP contribution in [0.25, 0.3) is 0 Å². The molecule has 9 nitrogen and oxygen atoms in total. The summed E-state index contributed by atoms with van der Waals surface area (Å²) in [6, 6.07) is 12.0. The standard InChI is InChI=1S/C25H26F2N4O5/c1-14(2)17-6-4-5-7-18(17)25(12-31(13-25)11-16-10-20(22(32)33)30-36-16)23(34)29-19-9-8-15(3)28-21(19)35-24(26)27/h4-10,14,24H,11-13H2,1-3H3,(H,29,34)(H,32,33). The van der Waals surface area contributed by atoms with E-state index in [1.165, 1.54) is 12.1 Å². The molecular formula is C25H26F2N4O5. The quantitative estimate of drug-likeness (QED) is 0.449. The first-order valence-electron chi connectivity index (χ1n) is 11.3. The molecule has 36 heavy (non-hydrogen) atoms. The number of alkyl halides is 2. The topological polar surface area (TPSA) is 118 Å². The highest BCUT2D eigenvalue weighted by atomic mass is 19.3. The normalized spacial score (nSPS) is 15.1. The molecule has 0 aliphatic carbocycles. The Bertz CT molecular complexity index is 1270. The maximum atomic E-state index is 13.8. The van der Waals surface area contributed by atoms with Gasteiger partial charge in [-0.15, -0.1) is 0 Å². The molecule has 1 saturated heterocycles. The number of aromatic carboxylic acids is 1. The van der Waals surface area contributed by atoms with Crippen molar-refractivity contribution in [3.05, 3.63) is 70.7 Å². The number of aromatic nitrogens is 2. The number of nitrogens with zero attached hydrogens (tertiary/aromatic N) is 3. The van der Waals surface area contributed by atoms with Crippen LogP contribution in [-0.2, 0) is 16.8 Å². The number of carbonyl (C=O) groups is 2. The smallest absolute Gasteiger partial charge is 0.388 e. The van der Waals surface area contributed by atoms with Gasteiger partial charge in [-0.3, -0.25) is 9.69 Å². The van der Waals surface area contributed by atoms with E-state index in [0.29, 0.717) is 11.5 Å². The number of carboxylic acids is 1. The van der Waals surface area contributed by atoms with E-state index in [1.807, 2.05) is 43.0 Å². The van der Waals surface area contributed by atoms with Crippen LogP contribution in [0, 0.1) is 6.92 Å². The lowest BCUT2D eigenvalue weighted by atomic mass is 9.69. The largest absolute Gasteiger partial charge is 0.476 e. The molecule has 1 amide bonds. The van der Waals surface area contributed by atoms with Crippen LogP contribution in [0.2, 0.25) is 0 Å². The van der Waals surface area contributed by atoms with Crippen molar-refractivity contribution in [2.24, 2.45) is 0 Å². The second kappa shape index (κ2) is 10.0. The fraction of sp³-hybridized carbons (Fsp3) is 0.360. The molecule has 0 radical (unpaired) electrons. The fourth-order valence-electron chi connectivity index (χ4n) is 4.45. The summed E-state index contributed by atoms with van der Waals surface area (Å²) < 4.78 is 35.6. The zero-order valence-corrected chi connectivity index (χ0v) is 20.0. The molecule has 0 atom stereocenters. The average molecular weight is 501 g/mol. The van der Waals surface area contributed by atoms with Gasteiger partial charge in [0, 0.05) is 24.8 Å². The molecule has 0 bridgehead atoms. The van der Waals surface area contributed by atoms with Gasteiger partial charge in [0.1, 0.15) is 5.69 Å². The Morgan fingerprint density at radius 3 is 2.58 bits per heavy atom. The lowest BCUT2D eigenvalue weighted by molar-refractivity contribution is -0.128. The average Bonchev–Trinajstić information content (AvgIpc) is 3.26. The molecule has 0 unspecified atom stereocenters. The third-order valence-corrected chi connectivity index (χ3v) is 6.13. The van der Waals surface area contributed by atoms with Gasteiger partial charge in [0.25, 0.3) is 0 Å². The second-order valence-electron chi connectivity index (χ2n) is 9.09. The van der Waals surface area contributed by atoms with E-state index in [4.69, 9.17) is 9.63 Å². The van der Waals surface area contributed by atoms with E-state index in [9.17, 15) is 18.4 Å². The summed E-state index contributed by atoms with van der Waals surface area (Å²) in [4.78, 5) is 30.8. The van der Waals surface area contributed by atoms with Crippen molar-refractivity contribution in [3.8, 4) is 5.88 Å². The lowest BCUT2D eigenvalue weighted by Gasteiger charge is -2.49. The van der Waals surface area contributed by atoms with Gasteiger partial charge in [-0.1, -0.05) is 43.3 Å². The molecule has 3 heterocycles. The monoisotopic (exact) mass is 500 g/mol. The zero-order chi connectivity index (χ0) is 26.0. The maximum absolute atomic E-state index is 13.8. The molecule has 1 aliphatic heterocycles. The zero-order valence-electron chi connectivity index (χ0n) is 20.0. The number of hydrogen-bond acceptors (Lipinski definition) is 7. The van der Waals surface area contributed by atoms with E-state index < -0.39 is 18.0 Å². The highest BCUT2D eigenvalue weighted by Crippen LogP contribution is 2.41. The number of pyridine rings is 1. The summed E-state index contributed by atoms with van der Waals surface area (Å²) in [6.07, 6.45) is 0. The Labute approximate surface area is 206 Å². The number of hydrogen-bond donors (Lipinski definition) is 2. The van der Waals surface area contributed by atoms with Crippen molar-refractivity contribution in [2.45, 2.75) is 45.3 Å². The van der Waals surface area contributed by atoms with Gasteiger partial charge in [-0.25, -0.2) is 9.78 Å². The van der Waals surface area contributed by atoms with Crippen LogP contribution in [0.3, 0.4) is 0 Å². The van der Waals surface area contributed by atoms with Gasteiger partial charge < -0.3 is 19.7 Å². The number of carbonyl (C=O) groups excluding carboxylic acids is 1. The van der Waals surface area contributed by atoms with Gasteiger partial charge >= 0.3 is 12.6 Å². The van der Waals surface area contributed by atoms with Crippen molar-refractivity contribution >= 4 is 17.6 Å². The Hall–Kier alpha value is -3.86. The SMILES string of the molecule is Cc1ccc(NC(=O)C2(c3ccccc3C(C)C)CN(Cc3cc(C(=O)O)no3)C2)c(OC(F)F)n1. The van der Waals surface area contributed by atoms with Gasteiger partial charge in [0.2, 0.25) is 11.8 Å². The molecule has 3 aromatic rings. The van der Waals surface area contributed by atoms with Crippen LogP contribution in [0.4, 0.5) is 14.5 Å². The number of amides is 1. The molecule has 1 fully saturated rings. The van der Waals surface area contributed by atoms with E-state index >= 15 is 0 Å². The molecule has 1 aromatic carbocycles. The number of nitrogens with one attached hydrogen (secondary N) is 1. The highest BCUT2D eigenvalue weighted by Gasteiger charge is 2.52. The van der Waals surface area contributed by atoms with Crippen LogP contribution in [0.5, 0.6) is 5.88 Å². The Morgan fingerprint density at radius 2 is 1.94 bits per heavy atom. The van der Waals surface area contributed by atoms with Crippen LogP contribution < -0.4 is 10.1 Å². The van der Waals surface area contributed by atoms with E-state index in [-0.39, 0.29) is 48.7 Å². The first-order chi connectivity index (χ1) is 17.1.